The predicted octanol–water partition coefficient (Wildman–Crippen LogP) is 3.35. The van der Waals surface area contributed by atoms with Gasteiger partial charge in [0.2, 0.25) is 11.8 Å². The highest BCUT2D eigenvalue weighted by Gasteiger charge is 2.25. The summed E-state index contributed by atoms with van der Waals surface area (Å²) >= 11 is 0. The molecule has 0 aliphatic rings. The van der Waals surface area contributed by atoms with Crippen LogP contribution in [-0.4, -0.2) is 36.4 Å². The maximum absolute atomic E-state index is 13.0. The van der Waals surface area contributed by atoms with Gasteiger partial charge >= 0.3 is 0 Å². The lowest BCUT2D eigenvalue weighted by Gasteiger charge is -2.29. The smallest absolute Gasteiger partial charge is 0.242 e. The van der Waals surface area contributed by atoms with E-state index in [1.807, 2.05) is 54.6 Å². The van der Waals surface area contributed by atoms with Crippen LogP contribution in [0.1, 0.15) is 24.5 Å². The summed E-state index contributed by atoms with van der Waals surface area (Å²) in [6, 6.07) is 16.8. The van der Waals surface area contributed by atoms with Crippen LogP contribution in [0.3, 0.4) is 0 Å². The Labute approximate surface area is 167 Å². The molecule has 0 saturated carbocycles. The topological polar surface area (TPSA) is 58.6 Å². The van der Waals surface area contributed by atoms with Crippen molar-refractivity contribution in [3.63, 3.8) is 0 Å². The highest BCUT2D eigenvalue weighted by Crippen LogP contribution is 2.16. The molecule has 0 aliphatic heterocycles. The summed E-state index contributed by atoms with van der Waals surface area (Å²) in [5.74, 6) is 0.505. The molecule has 5 nitrogen and oxygen atoms in total. The minimum absolute atomic E-state index is 0.0547. The minimum Gasteiger partial charge on any atom is -0.497 e. The van der Waals surface area contributed by atoms with Gasteiger partial charge in [-0.05, 0) is 36.6 Å². The van der Waals surface area contributed by atoms with Crippen LogP contribution in [0.5, 0.6) is 5.75 Å². The van der Waals surface area contributed by atoms with Gasteiger partial charge < -0.3 is 15.0 Å². The summed E-state index contributed by atoms with van der Waals surface area (Å²) in [4.78, 5) is 27.0. The number of methoxy groups -OCH3 is 1. The first-order valence-corrected chi connectivity index (χ1v) is 9.40. The monoisotopic (exact) mass is 380 g/mol. The lowest BCUT2D eigenvalue weighted by atomic mass is 10.1. The fraction of sp³-hybridized carbons (Fsp3) is 0.304. The Balaban J connectivity index is 2.12. The third kappa shape index (κ3) is 6.27. The third-order valence-corrected chi connectivity index (χ3v) is 4.57. The number of ether oxygens (including phenoxy) is 1. The molecule has 0 saturated heterocycles. The van der Waals surface area contributed by atoms with Gasteiger partial charge in [-0.15, -0.1) is 6.58 Å². The van der Waals surface area contributed by atoms with E-state index in [1.54, 1.807) is 25.0 Å². The number of carbonyl (C=O) groups is 2. The van der Waals surface area contributed by atoms with E-state index in [0.29, 0.717) is 25.9 Å². The van der Waals surface area contributed by atoms with Gasteiger partial charge in [-0.3, -0.25) is 9.59 Å². The van der Waals surface area contributed by atoms with E-state index in [1.165, 1.54) is 0 Å². The first-order chi connectivity index (χ1) is 13.5. The molecule has 1 atom stereocenters. The molecule has 0 spiro atoms. The van der Waals surface area contributed by atoms with Gasteiger partial charge in [-0.25, -0.2) is 0 Å². The fourth-order valence-electron chi connectivity index (χ4n) is 2.87. The van der Waals surface area contributed by atoms with Gasteiger partial charge in [0.1, 0.15) is 11.8 Å². The number of benzene rings is 2. The average Bonchev–Trinajstić information content (AvgIpc) is 2.74. The van der Waals surface area contributed by atoms with Crippen molar-refractivity contribution >= 4 is 11.8 Å². The molecule has 5 heteroatoms. The fourth-order valence-corrected chi connectivity index (χ4v) is 2.87. The Morgan fingerprint density at radius 3 is 2.39 bits per heavy atom. The van der Waals surface area contributed by atoms with E-state index in [-0.39, 0.29) is 11.8 Å². The molecule has 2 aromatic carbocycles. The van der Waals surface area contributed by atoms with E-state index < -0.39 is 6.04 Å². The number of nitrogens with zero attached hydrogens (tertiary/aromatic N) is 1. The Kier molecular flexibility index (Phi) is 8.28. The molecular formula is C23H28N2O3. The molecule has 0 fully saturated rings. The second kappa shape index (κ2) is 10.9. The zero-order chi connectivity index (χ0) is 20.4. The summed E-state index contributed by atoms with van der Waals surface area (Å²) < 4.78 is 5.19. The number of aryl methyl sites for hydroxylation is 1. The van der Waals surface area contributed by atoms with Crippen molar-refractivity contribution in [2.45, 2.75) is 32.4 Å². The van der Waals surface area contributed by atoms with Gasteiger partial charge in [0.15, 0.2) is 0 Å². The molecule has 2 amide bonds. The Hall–Kier alpha value is -3.08. The standard InChI is InChI=1S/C23H28N2O3/c1-4-16-24-23(27)18(2)25(17-20-10-13-21(28-3)14-11-20)22(26)15-12-19-8-6-5-7-9-19/h4-11,13-14,18H,1,12,15-17H2,2-3H3,(H,24,27)/t18-/m0/s1. The molecule has 0 aromatic heterocycles. The molecule has 2 rings (SSSR count). The molecular weight excluding hydrogens is 352 g/mol. The van der Waals surface area contributed by atoms with Crippen molar-refractivity contribution in [3.8, 4) is 5.75 Å². The van der Waals surface area contributed by atoms with Crippen molar-refractivity contribution in [2.24, 2.45) is 0 Å². The summed E-state index contributed by atoms with van der Waals surface area (Å²) in [6.45, 7) is 6.10. The summed E-state index contributed by atoms with van der Waals surface area (Å²) in [5, 5.41) is 2.77. The van der Waals surface area contributed by atoms with Gasteiger partial charge in [0.25, 0.3) is 0 Å². The Morgan fingerprint density at radius 1 is 1.11 bits per heavy atom. The zero-order valence-electron chi connectivity index (χ0n) is 16.6. The van der Waals surface area contributed by atoms with E-state index >= 15 is 0 Å². The van der Waals surface area contributed by atoms with E-state index in [4.69, 9.17) is 4.74 Å². The average molecular weight is 380 g/mol. The highest BCUT2D eigenvalue weighted by molar-refractivity contribution is 5.87. The van der Waals surface area contributed by atoms with Gasteiger partial charge in [0, 0.05) is 19.5 Å². The molecule has 0 bridgehead atoms. The second-order valence-corrected chi connectivity index (χ2v) is 6.57. The van der Waals surface area contributed by atoms with E-state index in [0.717, 1.165) is 16.9 Å². The maximum atomic E-state index is 13.0. The first-order valence-electron chi connectivity index (χ1n) is 9.40. The molecule has 148 valence electrons. The Bertz CT molecular complexity index is 772. The van der Waals surface area contributed by atoms with Crippen molar-refractivity contribution in [1.82, 2.24) is 10.2 Å². The quantitative estimate of drug-likeness (QED) is 0.643. The van der Waals surface area contributed by atoms with Gasteiger partial charge in [-0.2, -0.15) is 0 Å². The van der Waals surface area contributed by atoms with Crippen LogP contribution in [0, 0.1) is 0 Å². The molecule has 0 radical (unpaired) electrons. The second-order valence-electron chi connectivity index (χ2n) is 6.57. The summed E-state index contributed by atoms with van der Waals surface area (Å²) in [6.07, 6.45) is 2.61. The third-order valence-electron chi connectivity index (χ3n) is 4.57. The minimum atomic E-state index is -0.578. The number of amides is 2. The number of rotatable bonds is 10. The van der Waals surface area contributed by atoms with Crippen LogP contribution in [0.2, 0.25) is 0 Å². The van der Waals surface area contributed by atoms with Gasteiger partial charge in [-0.1, -0.05) is 48.5 Å². The van der Waals surface area contributed by atoms with E-state index in [9.17, 15) is 9.59 Å². The molecule has 2 aromatic rings. The largest absolute Gasteiger partial charge is 0.497 e. The van der Waals surface area contributed by atoms with Crippen LogP contribution >= 0.6 is 0 Å². The summed E-state index contributed by atoms with van der Waals surface area (Å²) in [5.41, 5.74) is 2.04. The van der Waals surface area contributed by atoms with E-state index in [2.05, 4.69) is 11.9 Å². The highest BCUT2D eigenvalue weighted by atomic mass is 16.5. The van der Waals surface area contributed by atoms with Crippen molar-refractivity contribution < 1.29 is 14.3 Å². The predicted molar refractivity (Wildman–Crippen MR) is 111 cm³/mol. The lowest BCUT2D eigenvalue weighted by molar-refractivity contribution is -0.140. The van der Waals surface area contributed by atoms with Crippen LogP contribution < -0.4 is 10.1 Å². The molecule has 0 heterocycles. The van der Waals surface area contributed by atoms with Gasteiger partial charge in [0.05, 0.1) is 7.11 Å². The van der Waals surface area contributed by atoms with Crippen LogP contribution in [0.4, 0.5) is 0 Å². The molecule has 0 aliphatic carbocycles. The first kappa shape index (κ1) is 21.2. The van der Waals surface area contributed by atoms with Crippen LogP contribution in [-0.2, 0) is 22.6 Å². The maximum Gasteiger partial charge on any atom is 0.242 e. The number of hydrogen-bond acceptors (Lipinski definition) is 3. The van der Waals surface area contributed by atoms with Crippen molar-refractivity contribution in [3.05, 3.63) is 78.4 Å². The van der Waals surface area contributed by atoms with Crippen LogP contribution in [0.15, 0.2) is 67.3 Å². The van der Waals surface area contributed by atoms with Crippen molar-refractivity contribution in [2.75, 3.05) is 13.7 Å². The van der Waals surface area contributed by atoms with Crippen molar-refractivity contribution in [1.29, 1.82) is 0 Å². The Morgan fingerprint density at radius 2 is 1.79 bits per heavy atom. The number of nitrogens with one attached hydrogen (secondary N) is 1. The molecule has 0 unspecified atom stereocenters. The SMILES string of the molecule is C=CCNC(=O)[C@H](C)N(Cc1ccc(OC)cc1)C(=O)CCc1ccccc1. The lowest BCUT2D eigenvalue weighted by Crippen LogP contribution is -2.47. The molecule has 1 N–H and O–H groups in total. The number of carbonyl (C=O) groups excluding carboxylic acids is 2. The number of hydrogen-bond donors (Lipinski definition) is 1. The molecule has 28 heavy (non-hydrogen) atoms. The normalized spacial score (nSPS) is 11.4. The zero-order valence-corrected chi connectivity index (χ0v) is 16.6. The summed E-state index contributed by atoms with van der Waals surface area (Å²) in [7, 11) is 1.61. The van der Waals surface area contributed by atoms with Crippen LogP contribution in [0.25, 0.3) is 0 Å².